The molecule has 0 amide bonds. The monoisotopic (exact) mass is 337 g/mol. The van der Waals surface area contributed by atoms with Crippen LogP contribution in [0.3, 0.4) is 0 Å². The molecule has 3 nitrogen and oxygen atoms in total. The van der Waals surface area contributed by atoms with E-state index in [2.05, 4.69) is 5.32 Å². The second-order valence-electron chi connectivity index (χ2n) is 5.20. The van der Waals surface area contributed by atoms with Crippen LogP contribution in [0, 0.1) is 0 Å². The van der Waals surface area contributed by atoms with Gasteiger partial charge in [-0.2, -0.15) is 0 Å². The Labute approximate surface area is 140 Å². The van der Waals surface area contributed by atoms with Crippen LogP contribution in [0.2, 0.25) is 10.0 Å². The first-order chi connectivity index (χ1) is 10.7. The molecular formula is C17H17Cl2NO2. The van der Waals surface area contributed by atoms with Gasteiger partial charge in [-0.25, -0.2) is 0 Å². The van der Waals surface area contributed by atoms with Crippen LogP contribution in [0.15, 0.2) is 42.5 Å². The molecule has 2 aromatic carbocycles. The molecule has 116 valence electrons. The van der Waals surface area contributed by atoms with Crippen molar-refractivity contribution in [3.63, 3.8) is 0 Å². The predicted octanol–water partition coefficient (Wildman–Crippen LogP) is 4.31. The van der Waals surface area contributed by atoms with Crippen molar-refractivity contribution in [3.8, 4) is 11.5 Å². The van der Waals surface area contributed by atoms with Gasteiger partial charge in [0.15, 0.2) is 11.5 Å². The zero-order valence-corrected chi connectivity index (χ0v) is 13.5. The second kappa shape index (κ2) is 7.23. The summed E-state index contributed by atoms with van der Waals surface area (Å²) in [6, 6.07) is 13.1. The first kappa shape index (κ1) is 15.5. The summed E-state index contributed by atoms with van der Waals surface area (Å²) in [5.74, 6) is 1.35. The maximum atomic E-state index is 6.15. The molecular weight excluding hydrogens is 321 g/mol. The Hall–Kier alpha value is -1.42. The van der Waals surface area contributed by atoms with Crippen LogP contribution >= 0.6 is 23.2 Å². The number of hydrogen-bond donors (Lipinski definition) is 1. The lowest BCUT2D eigenvalue weighted by molar-refractivity contribution is 0.204. The van der Waals surface area contributed by atoms with Gasteiger partial charge in [0.1, 0.15) is 12.7 Å². The van der Waals surface area contributed by atoms with Gasteiger partial charge in [-0.15, -0.1) is 0 Å². The number of rotatable bonds is 5. The highest BCUT2D eigenvalue weighted by molar-refractivity contribution is 6.31. The van der Waals surface area contributed by atoms with E-state index < -0.39 is 0 Å². The Morgan fingerprint density at radius 1 is 1.09 bits per heavy atom. The molecule has 3 rings (SSSR count). The molecule has 1 aliphatic rings. The van der Waals surface area contributed by atoms with Crippen molar-refractivity contribution in [1.82, 2.24) is 5.32 Å². The molecule has 0 aromatic heterocycles. The molecule has 1 heterocycles. The lowest BCUT2D eigenvalue weighted by Gasteiger charge is -2.17. The van der Waals surface area contributed by atoms with Gasteiger partial charge in [0, 0.05) is 28.2 Å². The van der Waals surface area contributed by atoms with Gasteiger partial charge in [-0.05, 0) is 31.2 Å². The van der Waals surface area contributed by atoms with E-state index in [0.29, 0.717) is 28.2 Å². The van der Waals surface area contributed by atoms with E-state index in [1.807, 2.05) is 30.3 Å². The fraction of sp³-hybridized carbons (Fsp3) is 0.294. The Morgan fingerprint density at radius 3 is 2.73 bits per heavy atom. The van der Waals surface area contributed by atoms with E-state index in [0.717, 1.165) is 25.1 Å². The molecule has 2 aromatic rings. The Balaban J connectivity index is 1.73. The third-order valence-corrected chi connectivity index (χ3v) is 4.16. The lowest BCUT2D eigenvalue weighted by atomic mass is 10.2. The molecule has 0 aliphatic carbocycles. The quantitative estimate of drug-likeness (QED) is 0.881. The maximum absolute atomic E-state index is 6.15. The Kier molecular flexibility index (Phi) is 5.08. The lowest BCUT2D eigenvalue weighted by Crippen LogP contribution is -2.19. The first-order valence-electron chi connectivity index (χ1n) is 7.25. The molecule has 0 radical (unpaired) electrons. The summed E-state index contributed by atoms with van der Waals surface area (Å²) in [5.41, 5.74) is 0.938. The van der Waals surface area contributed by atoms with E-state index in [4.69, 9.17) is 32.7 Å². The molecule has 1 aliphatic heterocycles. The summed E-state index contributed by atoms with van der Waals surface area (Å²) in [6.45, 7) is 2.21. The van der Waals surface area contributed by atoms with Crippen LogP contribution in [0.5, 0.6) is 11.5 Å². The minimum absolute atomic E-state index is 0.154. The van der Waals surface area contributed by atoms with Gasteiger partial charge < -0.3 is 14.8 Å². The van der Waals surface area contributed by atoms with Crippen molar-refractivity contribution >= 4 is 23.2 Å². The van der Waals surface area contributed by atoms with E-state index in [9.17, 15) is 0 Å². The summed E-state index contributed by atoms with van der Waals surface area (Å²) in [5, 5.41) is 4.60. The Bertz CT molecular complexity index is 642. The number of hydrogen-bond acceptors (Lipinski definition) is 3. The van der Waals surface area contributed by atoms with Crippen LogP contribution in [-0.4, -0.2) is 19.2 Å². The van der Waals surface area contributed by atoms with Gasteiger partial charge in [0.05, 0.1) is 0 Å². The summed E-state index contributed by atoms with van der Waals surface area (Å²) >= 11 is 12.2. The number of nitrogens with one attached hydrogen (secondary N) is 1. The molecule has 0 saturated carbocycles. The van der Waals surface area contributed by atoms with Gasteiger partial charge in [-0.3, -0.25) is 0 Å². The van der Waals surface area contributed by atoms with Crippen molar-refractivity contribution in [2.75, 3.05) is 13.1 Å². The van der Waals surface area contributed by atoms with Crippen molar-refractivity contribution < 1.29 is 9.47 Å². The highest BCUT2D eigenvalue weighted by Crippen LogP contribution is 2.33. The molecule has 1 unspecified atom stereocenters. The average molecular weight is 338 g/mol. The molecule has 1 fully saturated rings. The molecule has 0 spiro atoms. The standard InChI is InChI=1S/C17H17Cl2NO2/c18-13-5-6-16(17(9-13)22-14-7-8-20-10-14)21-11-12-3-1-2-4-15(12)19/h1-6,9,14,20H,7-8,10-11H2. The fourth-order valence-corrected chi connectivity index (χ4v) is 2.72. The predicted molar refractivity (Wildman–Crippen MR) is 89.1 cm³/mol. The van der Waals surface area contributed by atoms with Crippen LogP contribution in [0.4, 0.5) is 0 Å². The van der Waals surface area contributed by atoms with E-state index >= 15 is 0 Å². The van der Waals surface area contributed by atoms with E-state index in [1.54, 1.807) is 12.1 Å². The topological polar surface area (TPSA) is 30.5 Å². The van der Waals surface area contributed by atoms with Gasteiger partial charge >= 0.3 is 0 Å². The normalized spacial score (nSPS) is 17.5. The minimum Gasteiger partial charge on any atom is -0.485 e. The third-order valence-electron chi connectivity index (χ3n) is 3.56. The van der Waals surface area contributed by atoms with Crippen LogP contribution in [-0.2, 0) is 6.61 Å². The van der Waals surface area contributed by atoms with Crippen molar-refractivity contribution in [1.29, 1.82) is 0 Å². The molecule has 1 N–H and O–H groups in total. The van der Waals surface area contributed by atoms with Crippen LogP contribution < -0.4 is 14.8 Å². The van der Waals surface area contributed by atoms with E-state index in [1.165, 1.54) is 0 Å². The minimum atomic E-state index is 0.154. The van der Waals surface area contributed by atoms with Gasteiger partial charge in [-0.1, -0.05) is 41.4 Å². The molecule has 5 heteroatoms. The SMILES string of the molecule is Clc1ccc(OCc2ccccc2Cl)c(OC2CCNC2)c1. The summed E-state index contributed by atoms with van der Waals surface area (Å²) in [6.07, 6.45) is 1.14. The van der Waals surface area contributed by atoms with Crippen molar-refractivity contribution in [2.45, 2.75) is 19.1 Å². The van der Waals surface area contributed by atoms with Crippen molar-refractivity contribution in [3.05, 3.63) is 58.1 Å². The average Bonchev–Trinajstić information content (AvgIpc) is 3.01. The highest BCUT2D eigenvalue weighted by atomic mass is 35.5. The van der Waals surface area contributed by atoms with Crippen LogP contribution in [0.1, 0.15) is 12.0 Å². The molecule has 1 saturated heterocycles. The second-order valence-corrected chi connectivity index (χ2v) is 6.05. The third kappa shape index (κ3) is 3.86. The molecule has 0 bridgehead atoms. The van der Waals surface area contributed by atoms with Crippen molar-refractivity contribution in [2.24, 2.45) is 0 Å². The van der Waals surface area contributed by atoms with E-state index in [-0.39, 0.29) is 6.10 Å². The molecule has 1 atom stereocenters. The number of ether oxygens (including phenoxy) is 2. The number of halogens is 2. The molecule has 22 heavy (non-hydrogen) atoms. The maximum Gasteiger partial charge on any atom is 0.163 e. The number of benzene rings is 2. The summed E-state index contributed by atoms with van der Waals surface area (Å²) in [4.78, 5) is 0. The Morgan fingerprint density at radius 2 is 1.95 bits per heavy atom. The fourth-order valence-electron chi connectivity index (χ4n) is 2.37. The highest BCUT2D eigenvalue weighted by Gasteiger charge is 2.18. The summed E-state index contributed by atoms with van der Waals surface area (Å²) in [7, 11) is 0. The van der Waals surface area contributed by atoms with Gasteiger partial charge in [0.25, 0.3) is 0 Å². The smallest absolute Gasteiger partial charge is 0.163 e. The van der Waals surface area contributed by atoms with Gasteiger partial charge in [0.2, 0.25) is 0 Å². The summed E-state index contributed by atoms with van der Waals surface area (Å²) < 4.78 is 11.9. The van der Waals surface area contributed by atoms with Crippen LogP contribution in [0.25, 0.3) is 0 Å². The zero-order valence-electron chi connectivity index (χ0n) is 12.0. The first-order valence-corrected chi connectivity index (χ1v) is 8.01. The largest absolute Gasteiger partial charge is 0.485 e. The zero-order chi connectivity index (χ0) is 15.4.